The SMILES string of the molecule is CC(=O)c1ccc(C#N)c(NCCCc2nc3c(s2)CCCC3)c1. The fourth-order valence-electron chi connectivity index (χ4n) is 2.98. The smallest absolute Gasteiger partial charge is 0.159 e. The predicted octanol–water partition coefficient (Wildman–Crippen LogP) is 4.14. The monoisotopic (exact) mass is 339 g/mol. The average Bonchev–Trinajstić information content (AvgIpc) is 3.01. The zero-order chi connectivity index (χ0) is 16.9. The number of ketones is 1. The Hall–Kier alpha value is -2.19. The third kappa shape index (κ3) is 3.82. The third-order valence-corrected chi connectivity index (χ3v) is 5.54. The molecule has 1 aliphatic rings. The average molecular weight is 339 g/mol. The van der Waals surface area contributed by atoms with Gasteiger partial charge in [0.05, 0.1) is 22.0 Å². The Labute approximate surface area is 146 Å². The van der Waals surface area contributed by atoms with Gasteiger partial charge in [-0.3, -0.25) is 4.79 Å². The van der Waals surface area contributed by atoms with Crippen LogP contribution < -0.4 is 5.32 Å². The Morgan fingerprint density at radius 3 is 2.96 bits per heavy atom. The molecule has 24 heavy (non-hydrogen) atoms. The first-order valence-electron chi connectivity index (χ1n) is 8.44. The van der Waals surface area contributed by atoms with Crippen LogP contribution in [0.25, 0.3) is 0 Å². The predicted molar refractivity (Wildman–Crippen MR) is 96.7 cm³/mol. The van der Waals surface area contributed by atoms with Crippen molar-refractivity contribution in [1.29, 1.82) is 5.26 Å². The van der Waals surface area contributed by atoms with Gasteiger partial charge in [0.25, 0.3) is 0 Å². The molecule has 1 aromatic heterocycles. The number of benzene rings is 1. The van der Waals surface area contributed by atoms with Crippen molar-refractivity contribution in [3.05, 3.63) is 44.9 Å². The second-order valence-electron chi connectivity index (χ2n) is 6.14. The van der Waals surface area contributed by atoms with Crippen molar-refractivity contribution in [2.75, 3.05) is 11.9 Å². The van der Waals surface area contributed by atoms with Gasteiger partial charge < -0.3 is 5.32 Å². The Bertz CT molecular complexity index is 765. The van der Waals surface area contributed by atoms with Crippen LogP contribution in [0.15, 0.2) is 18.2 Å². The Kier molecular flexibility index (Phi) is 5.27. The number of nitriles is 1. The van der Waals surface area contributed by atoms with Gasteiger partial charge >= 0.3 is 0 Å². The molecule has 1 heterocycles. The zero-order valence-electron chi connectivity index (χ0n) is 13.9. The van der Waals surface area contributed by atoms with Gasteiger partial charge in [-0.05, 0) is 57.2 Å². The molecule has 0 unspecified atom stereocenters. The summed E-state index contributed by atoms with van der Waals surface area (Å²) in [4.78, 5) is 17.7. The van der Waals surface area contributed by atoms with Crippen LogP contribution in [0.2, 0.25) is 0 Å². The highest BCUT2D eigenvalue weighted by molar-refractivity contribution is 7.11. The number of hydrogen-bond acceptors (Lipinski definition) is 5. The minimum atomic E-state index is 0.0101. The highest BCUT2D eigenvalue weighted by atomic mass is 32.1. The highest BCUT2D eigenvalue weighted by Crippen LogP contribution is 2.27. The Balaban J connectivity index is 1.56. The van der Waals surface area contributed by atoms with Crippen LogP contribution in [0.1, 0.15) is 57.7 Å². The van der Waals surface area contributed by atoms with E-state index in [4.69, 9.17) is 4.98 Å². The summed E-state index contributed by atoms with van der Waals surface area (Å²) in [7, 11) is 0. The van der Waals surface area contributed by atoms with E-state index in [9.17, 15) is 10.1 Å². The van der Waals surface area contributed by atoms with Crippen molar-refractivity contribution in [3.63, 3.8) is 0 Å². The van der Waals surface area contributed by atoms with Crippen LogP contribution in [0.4, 0.5) is 5.69 Å². The molecule has 124 valence electrons. The molecule has 3 rings (SSSR count). The minimum absolute atomic E-state index is 0.0101. The Morgan fingerprint density at radius 2 is 2.21 bits per heavy atom. The first-order valence-corrected chi connectivity index (χ1v) is 9.25. The van der Waals surface area contributed by atoms with E-state index in [1.807, 2.05) is 11.3 Å². The van der Waals surface area contributed by atoms with Gasteiger partial charge in [0, 0.05) is 23.4 Å². The minimum Gasteiger partial charge on any atom is -0.384 e. The second kappa shape index (κ2) is 7.59. The van der Waals surface area contributed by atoms with E-state index in [1.165, 1.54) is 41.8 Å². The molecule has 0 radical (unpaired) electrons. The maximum absolute atomic E-state index is 11.5. The molecule has 1 aromatic carbocycles. The van der Waals surface area contributed by atoms with E-state index >= 15 is 0 Å². The summed E-state index contributed by atoms with van der Waals surface area (Å²) >= 11 is 1.86. The number of rotatable bonds is 6. The molecule has 4 nitrogen and oxygen atoms in total. The molecule has 0 atom stereocenters. The lowest BCUT2D eigenvalue weighted by Crippen LogP contribution is -2.06. The van der Waals surface area contributed by atoms with Crippen molar-refractivity contribution < 1.29 is 4.79 Å². The molecular weight excluding hydrogens is 318 g/mol. The van der Waals surface area contributed by atoms with Gasteiger partial charge in [-0.15, -0.1) is 11.3 Å². The van der Waals surface area contributed by atoms with E-state index < -0.39 is 0 Å². The molecule has 1 N–H and O–H groups in total. The van der Waals surface area contributed by atoms with Crippen molar-refractivity contribution >= 4 is 22.8 Å². The lowest BCUT2D eigenvalue weighted by atomic mass is 10.0. The summed E-state index contributed by atoms with van der Waals surface area (Å²) in [5.74, 6) is 0.0101. The maximum atomic E-state index is 11.5. The summed E-state index contributed by atoms with van der Waals surface area (Å²) in [5.41, 5.74) is 3.26. The van der Waals surface area contributed by atoms with Gasteiger partial charge in [-0.1, -0.05) is 0 Å². The number of carbonyl (C=O) groups is 1. The molecule has 0 amide bonds. The number of fused-ring (bicyclic) bond motifs is 1. The molecule has 2 aromatic rings. The lowest BCUT2D eigenvalue weighted by Gasteiger charge is -2.09. The number of aromatic nitrogens is 1. The summed E-state index contributed by atoms with van der Waals surface area (Å²) in [5, 5.41) is 13.7. The standard InChI is InChI=1S/C19H21N3OS/c1-13(23)14-8-9-15(12-20)17(11-14)21-10-4-7-19-22-16-5-2-3-6-18(16)24-19/h8-9,11,21H,2-7,10H2,1H3. The van der Waals surface area contributed by atoms with Gasteiger partial charge in [0.1, 0.15) is 6.07 Å². The number of carbonyl (C=O) groups excluding carboxylic acids is 1. The van der Waals surface area contributed by atoms with Crippen molar-refractivity contribution in [3.8, 4) is 6.07 Å². The molecule has 0 bridgehead atoms. The van der Waals surface area contributed by atoms with E-state index in [-0.39, 0.29) is 5.78 Å². The first-order chi connectivity index (χ1) is 11.7. The number of thiazole rings is 1. The number of aryl methyl sites for hydroxylation is 3. The molecule has 1 aliphatic carbocycles. The number of anilines is 1. The van der Waals surface area contributed by atoms with Crippen LogP contribution in [-0.4, -0.2) is 17.3 Å². The van der Waals surface area contributed by atoms with Crippen LogP contribution in [0.5, 0.6) is 0 Å². The number of nitrogens with zero attached hydrogens (tertiary/aromatic N) is 2. The summed E-state index contributed by atoms with van der Waals surface area (Å²) in [6, 6.07) is 7.34. The third-order valence-electron chi connectivity index (χ3n) is 4.32. The van der Waals surface area contributed by atoms with Crippen LogP contribution in [0, 0.1) is 11.3 Å². The fourth-order valence-corrected chi connectivity index (χ4v) is 4.18. The topological polar surface area (TPSA) is 65.8 Å². The first kappa shape index (κ1) is 16.7. The van der Waals surface area contributed by atoms with Gasteiger partial charge in [-0.25, -0.2) is 4.98 Å². The molecule has 5 heteroatoms. The Morgan fingerprint density at radius 1 is 1.38 bits per heavy atom. The molecule has 0 fully saturated rings. The van der Waals surface area contributed by atoms with Crippen LogP contribution in [-0.2, 0) is 19.3 Å². The number of nitrogens with one attached hydrogen (secondary N) is 1. The fraction of sp³-hybridized carbons (Fsp3) is 0.421. The number of hydrogen-bond donors (Lipinski definition) is 1. The van der Waals surface area contributed by atoms with Gasteiger partial charge in [0.15, 0.2) is 5.78 Å². The van der Waals surface area contributed by atoms with Crippen LogP contribution in [0.3, 0.4) is 0 Å². The maximum Gasteiger partial charge on any atom is 0.159 e. The molecule has 0 aliphatic heterocycles. The van der Waals surface area contributed by atoms with Crippen molar-refractivity contribution in [2.24, 2.45) is 0 Å². The van der Waals surface area contributed by atoms with E-state index in [2.05, 4.69) is 11.4 Å². The largest absolute Gasteiger partial charge is 0.384 e. The van der Waals surface area contributed by atoms with Gasteiger partial charge in [0.2, 0.25) is 0 Å². The summed E-state index contributed by atoms with van der Waals surface area (Å²) in [6.07, 6.45) is 6.79. The molecule has 0 saturated carbocycles. The second-order valence-corrected chi connectivity index (χ2v) is 7.31. The van der Waals surface area contributed by atoms with Gasteiger partial charge in [-0.2, -0.15) is 5.26 Å². The number of Topliss-reactive ketones (excluding diaryl/α,β-unsaturated/α-hetero) is 1. The van der Waals surface area contributed by atoms with E-state index in [0.717, 1.165) is 31.5 Å². The quantitative estimate of drug-likeness (QED) is 0.634. The van der Waals surface area contributed by atoms with Crippen molar-refractivity contribution in [1.82, 2.24) is 4.98 Å². The van der Waals surface area contributed by atoms with Crippen molar-refractivity contribution in [2.45, 2.75) is 45.4 Å². The molecular formula is C19H21N3OS. The lowest BCUT2D eigenvalue weighted by molar-refractivity contribution is 0.101. The normalized spacial score (nSPS) is 13.2. The highest BCUT2D eigenvalue weighted by Gasteiger charge is 2.14. The summed E-state index contributed by atoms with van der Waals surface area (Å²) < 4.78 is 0. The van der Waals surface area contributed by atoms with E-state index in [1.54, 1.807) is 18.2 Å². The van der Waals surface area contributed by atoms with E-state index in [0.29, 0.717) is 11.1 Å². The van der Waals surface area contributed by atoms with Crippen LogP contribution >= 0.6 is 11.3 Å². The molecule has 0 spiro atoms. The molecule has 0 saturated heterocycles. The summed E-state index contributed by atoms with van der Waals surface area (Å²) in [6.45, 7) is 2.30. The zero-order valence-corrected chi connectivity index (χ0v) is 14.7.